The fourth-order valence-corrected chi connectivity index (χ4v) is 4.55. The van der Waals surface area contributed by atoms with Crippen LogP contribution in [0.2, 0.25) is 0 Å². The van der Waals surface area contributed by atoms with Crippen molar-refractivity contribution in [3.05, 3.63) is 66.0 Å². The Hall–Kier alpha value is -2.78. The van der Waals surface area contributed by atoms with E-state index in [1.165, 1.54) is 55.3 Å². The van der Waals surface area contributed by atoms with Gasteiger partial charge in [-0.05, 0) is 62.3 Å². The number of piperidine rings is 1. The number of Topliss-reactive ketones (excluding diaryl/α,β-unsaturated/α-hetero) is 1. The molecular weight excluding hydrogens is 434 g/mol. The number of thioether (sulfide) groups is 1. The van der Waals surface area contributed by atoms with Gasteiger partial charge in [-0.25, -0.2) is 0 Å². The number of nitrogens with zero attached hydrogens (tertiary/aromatic N) is 4. The lowest BCUT2D eigenvalue weighted by molar-refractivity contribution is -0.0498. The summed E-state index contributed by atoms with van der Waals surface area (Å²) in [4.78, 5) is 15.0. The Labute approximate surface area is 189 Å². The second kappa shape index (κ2) is 10.7. The second-order valence-corrected chi connectivity index (χ2v) is 8.46. The van der Waals surface area contributed by atoms with Gasteiger partial charge in [0.1, 0.15) is 5.75 Å². The van der Waals surface area contributed by atoms with Gasteiger partial charge in [0.05, 0.1) is 12.3 Å². The number of halogens is 2. The molecule has 0 atom stereocenters. The molecule has 2 aromatic carbocycles. The first-order valence-corrected chi connectivity index (χ1v) is 11.5. The zero-order valence-corrected chi connectivity index (χ0v) is 18.3. The van der Waals surface area contributed by atoms with Crippen molar-refractivity contribution in [1.82, 2.24) is 19.7 Å². The summed E-state index contributed by atoms with van der Waals surface area (Å²) < 4.78 is 30.9. The molecule has 32 heavy (non-hydrogen) atoms. The van der Waals surface area contributed by atoms with Crippen LogP contribution in [0.4, 0.5) is 8.78 Å². The Morgan fingerprint density at radius 2 is 1.72 bits per heavy atom. The van der Waals surface area contributed by atoms with Crippen molar-refractivity contribution in [2.45, 2.75) is 37.6 Å². The van der Waals surface area contributed by atoms with Crippen LogP contribution in [0.15, 0.2) is 59.8 Å². The molecule has 0 spiro atoms. The van der Waals surface area contributed by atoms with Gasteiger partial charge in [-0.3, -0.25) is 14.3 Å². The number of carbonyl (C=O) groups excluding carboxylic acids is 1. The Morgan fingerprint density at radius 1 is 1.00 bits per heavy atom. The molecule has 3 aromatic rings. The molecule has 1 fully saturated rings. The predicted molar refractivity (Wildman–Crippen MR) is 119 cm³/mol. The molecule has 1 aromatic heterocycles. The van der Waals surface area contributed by atoms with E-state index in [1.54, 1.807) is 0 Å². The largest absolute Gasteiger partial charge is 0.435 e. The topological polar surface area (TPSA) is 60.2 Å². The molecule has 1 saturated heterocycles. The number of rotatable bonds is 9. The van der Waals surface area contributed by atoms with Crippen LogP contribution >= 0.6 is 11.8 Å². The first-order valence-electron chi connectivity index (χ1n) is 10.5. The summed E-state index contributed by atoms with van der Waals surface area (Å²) >= 11 is 1.31. The highest BCUT2D eigenvalue weighted by molar-refractivity contribution is 7.99. The quantitative estimate of drug-likeness (QED) is 0.338. The van der Waals surface area contributed by atoms with Gasteiger partial charge in [0.15, 0.2) is 16.8 Å². The van der Waals surface area contributed by atoms with Crippen LogP contribution in [0.5, 0.6) is 5.75 Å². The molecular formula is C23H24F2N4O2S. The van der Waals surface area contributed by atoms with Crippen LogP contribution in [0.1, 0.15) is 35.4 Å². The molecule has 0 amide bonds. The molecule has 0 unspecified atom stereocenters. The monoisotopic (exact) mass is 458 g/mol. The van der Waals surface area contributed by atoms with E-state index >= 15 is 0 Å². The van der Waals surface area contributed by atoms with Crippen LogP contribution < -0.4 is 4.74 Å². The first kappa shape index (κ1) is 22.4. The van der Waals surface area contributed by atoms with Gasteiger partial charge in [0.2, 0.25) is 0 Å². The highest BCUT2D eigenvalue weighted by atomic mass is 32.2. The number of alkyl halides is 2. The van der Waals surface area contributed by atoms with Crippen molar-refractivity contribution in [1.29, 1.82) is 0 Å². The van der Waals surface area contributed by atoms with E-state index in [0.717, 1.165) is 24.6 Å². The van der Waals surface area contributed by atoms with E-state index < -0.39 is 6.61 Å². The van der Waals surface area contributed by atoms with Gasteiger partial charge in [-0.2, -0.15) is 8.78 Å². The molecule has 9 heteroatoms. The molecule has 0 bridgehead atoms. The van der Waals surface area contributed by atoms with Gasteiger partial charge in [-0.1, -0.05) is 36.4 Å². The fraction of sp³-hybridized carbons (Fsp3) is 0.348. The Bertz CT molecular complexity index is 1020. The maximum absolute atomic E-state index is 12.6. The number of benzene rings is 2. The highest BCUT2D eigenvalue weighted by Crippen LogP contribution is 2.25. The van der Waals surface area contributed by atoms with Gasteiger partial charge >= 0.3 is 6.61 Å². The molecule has 2 heterocycles. The van der Waals surface area contributed by atoms with Gasteiger partial charge < -0.3 is 4.74 Å². The van der Waals surface area contributed by atoms with Crippen LogP contribution in [-0.2, 0) is 6.54 Å². The maximum atomic E-state index is 12.6. The highest BCUT2D eigenvalue weighted by Gasteiger charge is 2.20. The number of ketones is 1. The zero-order valence-electron chi connectivity index (χ0n) is 17.5. The lowest BCUT2D eigenvalue weighted by atomic mass is 10.1. The lowest BCUT2D eigenvalue weighted by Crippen LogP contribution is -2.30. The predicted octanol–water partition coefficient (Wildman–Crippen LogP) is 4.83. The lowest BCUT2D eigenvalue weighted by Gasteiger charge is -2.26. The normalized spacial score (nSPS) is 14.6. The van der Waals surface area contributed by atoms with Crippen molar-refractivity contribution >= 4 is 17.5 Å². The van der Waals surface area contributed by atoms with E-state index in [4.69, 9.17) is 0 Å². The van der Waals surface area contributed by atoms with Crippen LogP contribution in [0.25, 0.3) is 5.69 Å². The number of aromatic nitrogens is 3. The van der Waals surface area contributed by atoms with Crippen LogP contribution in [0, 0.1) is 0 Å². The fourth-order valence-electron chi connectivity index (χ4n) is 3.69. The number of hydrogen-bond donors (Lipinski definition) is 0. The SMILES string of the molecule is O=C(CSc1nnc(CN2CCCCC2)n1-c1ccccc1)c1ccc(OC(F)F)cc1. The summed E-state index contributed by atoms with van der Waals surface area (Å²) in [5.74, 6) is 0.903. The van der Waals surface area contributed by atoms with Crippen molar-refractivity contribution in [3.63, 3.8) is 0 Å². The average Bonchev–Trinajstić information content (AvgIpc) is 3.21. The minimum atomic E-state index is -2.89. The van der Waals surface area contributed by atoms with E-state index in [0.29, 0.717) is 17.3 Å². The maximum Gasteiger partial charge on any atom is 0.387 e. The van der Waals surface area contributed by atoms with Gasteiger partial charge in [0, 0.05) is 11.3 Å². The number of ether oxygens (including phenoxy) is 1. The third-order valence-corrected chi connectivity index (χ3v) is 6.19. The van der Waals surface area contributed by atoms with Gasteiger partial charge in [-0.15, -0.1) is 10.2 Å². The number of carbonyl (C=O) groups is 1. The molecule has 0 radical (unpaired) electrons. The smallest absolute Gasteiger partial charge is 0.387 e. The number of para-hydroxylation sites is 1. The molecule has 4 rings (SSSR count). The summed E-state index contributed by atoms with van der Waals surface area (Å²) in [6.07, 6.45) is 3.65. The van der Waals surface area contributed by atoms with Crippen molar-refractivity contribution < 1.29 is 18.3 Å². The van der Waals surface area contributed by atoms with Crippen LogP contribution in [-0.4, -0.2) is 50.9 Å². The Balaban J connectivity index is 1.48. The number of hydrogen-bond acceptors (Lipinski definition) is 6. The Morgan fingerprint density at radius 3 is 2.41 bits per heavy atom. The summed E-state index contributed by atoms with van der Waals surface area (Å²) in [5, 5.41) is 9.44. The summed E-state index contributed by atoms with van der Waals surface area (Å²) in [6.45, 7) is -0.0837. The average molecular weight is 459 g/mol. The minimum Gasteiger partial charge on any atom is -0.435 e. The third kappa shape index (κ3) is 5.72. The molecule has 0 saturated carbocycles. The molecule has 0 N–H and O–H groups in total. The zero-order chi connectivity index (χ0) is 22.3. The third-order valence-electron chi connectivity index (χ3n) is 5.26. The van der Waals surface area contributed by atoms with Crippen molar-refractivity contribution in [2.75, 3.05) is 18.8 Å². The second-order valence-electron chi connectivity index (χ2n) is 7.52. The van der Waals surface area contributed by atoms with E-state index in [2.05, 4.69) is 19.8 Å². The first-order chi connectivity index (χ1) is 15.6. The molecule has 1 aliphatic rings. The minimum absolute atomic E-state index is 0.0235. The molecule has 1 aliphatic heterocycles. The van der Waals surface area contributed by atoms with Crippen LogP contribution in [0.3, 0.4) is 0 Å². The Kier molecular flexibility index (Phi) is 7.49. The summed E-state index contributed by atoms with van der Waals surface area (Å²) in [6, 6.07) is 15.6. The van der Waals surface area contributed by atoms with Gasteiger partial charge in [0.25, 0.3) is 0 Å². The van der Waals surface area contributed by atoms with Crippen molar-refractivity contribution in [2.24, 2.45) is 0 Å². The summed E-state index contributed by atoms with van der Waals surface area (Å²) in [5.41, 5.74) is 1.38. The molecule has 6 nitrogen and oxygen atoms in total. The number of likely N-dealkylation sites (tertiary alicyclic amines) is 1. The molecule has 168 valence electrons. The van der Waals surface area contributed by atoms with Crippen molar-refractivity contribution in [3.8, 4) is 11.4 Å². The van der Waals surface area contributed by atoms with E-state index in [9.17, 15) is 13.6 Å². The standard InChI is InChI=1S/C23H24F2N4O2S/c24-22(25)31-19-11-9-17(10-12-19)20(30)16-32-23-27-26-21(15-28-13-5-2-6-14-28)29(23)18-7-3-1-4-8-18/h1,3-4,7-12,22H,2,5-6,13-16H2. The van der Waals surface area contributed by atoms with E-state index in [1.807, 2.05) is 34.9 Å². The van der Waals surface area contributed by atoms with E-state index in [-0.39, 0.29) is 17.3 Å². The summed E-state index contributed by atoms with van der Waals surface area (Å²) in [7, 11) is 0. The molecule has 0 aliphatic carbocycles.